The van der Waals surface area contributed by atoms with Gasteiger partial charge in [-0.15, -0.1) is 11.8 Å². The Balaban J connectivity index is 1.71. The lowest BCUT2D eigenvalue weighted by atomic mass is 10.1. The maximum atomic E-state index is 12.2. The fourth-order valence-corrected chi connectivity index (χ4v) is 3.24. The normalized spacial score (nSPS) is 11.8. The molecular weight excluding hydrogens is 318 g/mol. The number of nitrogens with one attached hydrogen (secondary N) is 1. The summed E-state index contributed by atoms with van der Waals surface area (Å²) in [4.78, 5) is 13.3. The lowest BCUT2D eigenvalue weighted by Gasteiger charge is -2.12. The fourth-order valence-electron chi connectivity index (χ4n) is 2.35. The molecule has 0 aromatic heterocycles. The average Bonchev–Trinajstić information content (AvgIpc) is 2.60. The lowest BCUT2D eigenvalue weighted by molar-refractivity contribution is -0.120. The number of amides is 1. The van der Waals surface area contributed by atoms with E-state index in [1.807, 2.05) is 25.1 Å². The minimum Gasteiger partial charge on any atom is -0.497 e. The molecule has 2 aromatic rings. The third-order valence-corrected chi connectivity index (χ3v) is 4.89. The molecule has 2 aromatic carbocycles. The van der Waals surface area contributed by atoms with Gasteiger partial charge in [0.15, 0.2) is 0 Å². The van der Waals surface area contributed by atoms with Gasteiger partial charge in [0.2, 0.25) is 5.91 Å². The fraction of sp³-hybridized carbons (Fsp3) is 0.350. The topological polar surface area (TPSA) is 38.3 Å². The summed E-state index contributed by atoms with van der Waals surface area (Å²) in [6.07, 6.45) is 1.85. The second-order valence-electron chi connectivity index (χ2n) is 5.82. The molecule has 1 amide bonds. The summed E-state index contributed by atoms with van der Waals surface area (Å²) in [6.45, 7) is 4.70. The number of methoxy groups -OCH3 is 1. The number of hydrogen-bond donors (Lipinski definition) is 1. The second-order valence-corrected chi connectivity index (χ2v) is 7.23. The van der Waals surface area contributed by atoms with Crippen LogP contribution in [-0.4, -0.2) is 24.8 Å². The molecule has 0 aliphatic rings. The molecule has 0 spiro atoms. The molecule has 0 aliphatic heterocycles. The van der Waals surface area contributed by atoms with E-state index in [-0.39, 0.29) is 11.2 Å². The molecule has 0 aliphatic carbocycles. The second kappa shape index (κ2) is 9.38. The largest absolute Gasteiger partial charge is 0.497 e. The van der Waals surface area contributed by atoms with Crippen LogP contribution in [0.3, 0.4) is 0 Å². The molecule has 0 unspecified atom stereocenters. The maximum absolute atomic E-state index is 12.2. The third-order valence-electron chi connectivity index (χ3n) is 3.78. The van der Waals surface area contributed by atoms with Gasteiger partial charge in [0, 0.05) is 11.4 Å². The van der Waals surface area contributed by atoms with E-state index in [0.29, 0.717) is 6.54 Å². The predicted molar refractivity (Wildman–Crippen MR) is 101 cm³/mol. The van der Waals surface area contributed by atoms with Gasteiger partial charge >= 0.3 is 0 Å². The molecule has 0 saturated heterocycles. The van der Waals surface area contributed by atoms with E-state index in [2.05, 4.69) is 42.6 Å². The van der Waals surface area contributed by atoms with Crippen molar-refractivity contribution in [1.82, 2.24) is 5.32 Å². The van der Waals surface area contributed by atoms with E-state index in [0.717, 1.165) is 23.5 Å². The molecule has 0 fully saturated rings. The summed E-state index contributed by atoms with van der Waals surface area (Å²) in [5.41, 5.74) is 2.46. The molecule has 2 rings (SSSR count). The Bertz CT molecular complexity index is 655. The van der Waals surface area contributed by atoms with Gasteiger partial charge in [0.25, 0.3) is 0 Å². The number of carbonyl (C=O) groups is 1. The van der Waals surface area contributed by atoms with Crippen LogP contribution in [0.4, 0.5) is 0 Å². The summed E-state index contributed by atoms with van der Waals surface area (Å²) < 4.78 is 5.22. The number of thioether (sulfide) groups is 1. The van der Waals surface area contributed by atoms with Crippen molar-refractivity contribution in [2.24, 2.45) is 0 Å². The molecule has 0 bridgehead atoms. The van der Waals surface area contributed by atoms with Crippen LogP contribution in [0.25, 0.3) is 0 Å². The molecular formula is C20H25NO2S. The monoisotopic (exact) mass is 343 g/mol. The van der Waals surface area contributed by atoms with Crippen molar-refractivity contribution in [1.29, 1.82) is 0 Å². The number of benzene rings is 2. The minimum absolute atomic E-state index is 0.0891. The van der Waals surface area contributed by atoms with Crippen molar-refractivity contribution < 1.29 is 9.53 Å². The van der Waals surface area contributed by atoms with Crippen molar-refractivity contribution in [3.05, 3.63) is 59.7 Å². The maximum Gasteiger partial charge on any atom is 0.233 e. The lowest BCUT2D eigenvalue weighted by Crippen LogP contribution is -2.31. The predicted octanol–water partition coefficient (Wildman–Crippen LogP) is 4.23. The number of ether oxygens (including phenoxy) is 1. The quantitative estimate of drug-likeness (QED) is 0.576. The molecule has 24 heavy (non-hydrogen) atoms. The van der Waals surface area contributed by atoms with Crippen LogP contribution >= 0.6 is 11.8 Å². The van der Waals surface area contributed by atoms with Gasteiger partial charge < -0.3 is 10.1 Å². The summed E-state index contributed by atoms with van der Waals surface area (Å²) in [6, 6.07) is 16.3. The standard InChI is InChI=1S/C20H25NO2S/c1-15-9-11-19(12-10-15)24-16(2)20(22)21-13-5-7-17-6-4-8-18(14-17)23-3/h4,6,8-12,14,16H,5,7,13H2,1-3H3,(H,21,22)/t16-/m0/s1. The SMILES string of the molecule is COc1cccc(CCCNC(=O)[C@H](C)Sc2ccc(C)cc2)c1. The van der Waals surface area contributed by atoms with Crippen molar-refractivity contribution in [2.45, 2.75) is 36.8 Å². The van der Waals surface area contributed by atoms with E-state index >= 15 is 0 Å². The summed E-state index contributed by atoms with van der Waals surface area (Å²) in [5.74, 6) is 0.964. The first kappa shape index (κ1) is 18.4. The van der Waals surface area contributed by atoms with Crippen LogP contribution < -0.4 is 10.1 Å². The first-order valence-electron chi connectivity index (χ1n) is 8.22. The smallest absolute Gasteiger partial charge is 0.233 e. The highest BCUT2D eigenvalue weighted by Crippen LogP contribution is 2.23. The van der Waals surface area contributed by atoms with Crippen LogP contribution in [-0.2, 0) is 11.2 Å². The number of carbonyl (C=O) groups excluding carboxylic acids is 1. The van der Waals surface area contributed by atoms with Gasteiger partial charge in [-0.25, -0.2) is 0 Å². The first-order chi connectivity index (χ1) is 11.6. The number of hydrogen-bond acceptors (Lipinski definition) is 3. The van der Waals surface area contributed by atoms with Crippen LogP contribution in [0.15, 0.2) is 53.4 Å². The number of aryl methyl sites for hydroxylation is 2. The molecule has 1 atom stereocenters. The molecule has 1 N–H and O–H groups in total. The van der Waals surface area contributed by atoms with Crippen molar-refractivity contribution in [3.63, 3.8) is 0 Å². The Morgan fingerprint density at radius 1 is 1.21 bits per heavy atom. The van der Waals surface area contributed by atoms with Crippen molar-refractivity contribution in [2.75, 3.05) is 13.7 Å². The average molecular weight is 343 g/mol. The third kappa shape index (κ3) is 5.93. The Hall–Kier alpha value is -1.94. The Morgan fingerprint density at radius 3 is 2.67 bits per heavy atom. The molecule has 0 heterocycles. The Kier molecular flexibility index (Phi) is 7.19. The summed E-state index contributed by atoms with van der Waals surface area (Å²) in [7, 11) is 1.67. The van der Waals surface area contributed by atoms with E-state index in [1.165, 1.54) is 11.1 Å². The van der Waals surface area contributed by atoms with Gasteiger partial charge in [-0.2, -0.15) is 0 Å². The van der Waals surface area contributed by atoms with Gasteiger partial charge in [0.1, 0.15) is 5.75 Å². The molecule has 3 nitrogen and oxygen atoms in total. The first-order valence-corrected chi connectivity index (χ1v) is 9.10. The molecule has 128 valence electrons. The molecule has 4 heteroatoms. The zero-order valence-electron chi connectivity index (χ0n) is 14.5. The minimum atomic E-state index is -0.0930. The van der Waals surface area contributed by atoms with E-state index < -0.39 is 0 Å². The summed E-state index contributed by atoms with van der Waals surface area (Å²) in [5, 5.41) is 2.93. The van der Waals surface area contributed by atoms with Crippen LogP contribution in [0.5, 0.6) is 5.75 Å². The van der Waals surface area contributed by atoms with Gasteiger partial charge in [-0.1, -0.05) is 29.8 Å². The van der Waals surface area contributed by atoms with Crippen LogP contribution in [0.2, 0.25) is 0 Å². The van der Waals surface area contributed by atoms with Crippen LogP contribution in [0, 0.1) is 6.92 Å². The highest BCUT2D eigenvalue weighted by Gasteiger charge is 2.13. The van der Waals surface area contributed by atoms with E-state index in [9.17, 15) is 4.79 Å². The highest BCUT2D eigenvalue weighted by molar-refractivity contribution is 8.00. The Labute approximate surface area is 148 Å². The molecule has 0 saturated carbocycles. The van der Waals surface area contributed by atoms with Gasteiger partial charge in [-0.3, -0.25) is 4.79 Å². The zero-order chi connectivity index (χ0) is 17.4. The Morgan fingerprint density at radius 2 is 1.96 bits per heavy atom. The molecule has 0 radical (unpaired) electrons. The van der Waals surface area contributed by atoms with Crippen molar-refractivity contribution >= 4 is 17.7 Å². The highest BCUT2D eigenvalue weighted by atomic mass is 32.2. The van der Waals surface area contributed by atoms with Crippen LogP contribution in [0.1, 0.15) is 24.5 Å². The van der Waals surface area contributed by atoms with Gasteiger partial charge in [-0.05, 0) is 56.5 Å². The van der Waals surface area contributed by atoms with E-state index in [1.54, 1.807) is 18.9 Å². The number of rotatable bonds is 8. The summed E-state index contributed by atoms with van der Waals surface area (Å²) >= 11 is 1.59. The van der Waals surface area contributed by atoms with E-state index in [4.69, 9.17) is 4.74 Å². The van der Waals surface area contributed by atoms with Gasteiger partial charge in [0.05, 0.1) is 12.4 Å². The zero-order valence-corrected chi connectivity index (χ0v) is 15.4. The van der Waals surface area contributed by atoms with Crippen molar-refractivity contribution in [3.8, 4) is 5.75 Å².